The van der Waals surface area contributed by atoms with E-state index in [1.54, 1.807) is 0 Å². The molecular weight excluding hydrogens is 356 g/mol. The van der Waals surface area contributed by atoms with Crippen molar-refractivity contribution in [2.45, 2.75) is 15.3 Å². The topological polar surface area (TPSA) is 89.7 Å². The highest BCUT2D eigenvalue weighted by Gasteiger charge is 2.51. The van der Waals surface area contributed by atoms with Gasteiger partial charge in [0.1, 0.15) is 0 Å². The summed E-state index contributed by atoms with van der Waals surface area (Å²) in [5, 5.41) is 17.0. The van der Waals surface area contributed by atoms with Gasteiger partial charge >= 0.3 is 6.16 Å². The van der Waals surface area contributed by atoms with Crippen molar-refractivity contribution in [2.75, 3.05) is 0 Å². The molecule has 110 valence electrons. The van der Waals surface area contributed by atoms with Crippen LogP contribution in [0.5, 0.6) is 0 Å². The first-order valence-electron chi connectivity index (χ1n) is 4.96. The van der Waals surface area contributed by atoms with E-state index in [-0.39, 0.29) is 12.1 Å². The smallest absolute Gasteiger partial charge is 0.450 e. The normalized spacial score (nSPS) is 14.4. The summed E-state index contributed by atoms with van der Waals surface area (Å²) in [5.74, 6) is 0. The number of ether oxygens (including phenoxy) is 1. The van der Waals surface area contributed by atoms with E-state index < -0.39 is 19.9 Å². The van der Waals surface area contributed by atoms with Crippen LogP contribution < -0.4 is 0 Å². The zero-order valence-corrected chi connectivity index (χ0v) is 12.6. The quantitative estimate of drug-likeness (QED) is 0.376. The van der Waals surface area contributed by atoms with Gasteiger partial charge in [-0.15, -0.1) is 0 Å². The fourth-order valence-electron chi connectivity index (χ4n) is 1.33. The molecule has 0 spiro atoms. The molecule has 20 heavy (non-hydrogen) atoms. The number of hydrogen-bond acceptors (Lipinski definition) is 4. The van der Waals surface area contributed by atoms with Gasteiger partial charge in [-0.3, -0.25) is 10.1 Å². The summed E-state index contributed by atoms with van der Waals surface area (Å²) in [6.07, 6.45) is -2.00. The molecule has 1 rings (SSSR count). The number of carbonyl (C=O) groups is 1. The molecule has 0 aliphatic rings. The molecule has 0 aliphatic carbocycles. The van der Waals surface area contributed by atoms with Crippen molar-refractivity contribution in [1.82, 2.24) is 0 Å². The van der Waals surface area contributed by atoms with Crippen LogP contribution in [0, 0.1) is 10.1 Å². The van der Waals surface area contributed by atoms with Crippen molar-refractivity contribution < 1.29 is 19.6 Å². The standard InChI is InChI=1S/C10H7Cl4NO5/c11-9(10(12,13)14,20-8(16)17)5-6-1-3-7(4-2-6)15(18)19/h1-4H,5H2,(H,16,17). The van der Waals surface area contributed by atoms with Crippen molar-refractivity contribution in [3.05, 3.63) is 39.9 Å². The lowest BCUT2D eigenvalue weighted by atomic mass is 10.1. The number of halogens is 4. The Morgan fingerprint density at radius 3 is 2.10 bits per heavy atom. The number of rotatable bonds is 4. The summed E-state index contributed by atoms with van der Waals surface area (Å²) in [5.41, 5.74) is 0.264. The van der Waals surface area contributed by atoms with Crippen LogP contribution in [0.25, 0.3) is 0 Å². The van der Waals surface area contributed by atoms with Crippen LogP contribution in [0.1, 0.15) is 5.56 Å². The van der Waals surface area contributed by atoms with Gasteiger partial charge in [0.15, 0.2) is 0 Å². The Labute approximate surface area is 133 Å². The molecule has 1 N–H and O–H groups in total. The highest BCUT2D eigenvalue weighted by Crippen LogP contribution is 2.46. The van der Waals surface area contributed by atoms with Crippen LogP contribution in [0.4, 0.5) is 10.5 Å². The van der Waals surface area contributed by atoms with Gasteiger partial charge in [-0.05, 0) is 5.56 Å². The zero-order chi connectivity index (χ0) is 15.6. The van der Waals surface area contributed by atoms with E-state index in [1.807, 2.05) is 0 Å². The lowest BCUT2D eigenvalue weighted by Crippen LogP contribution is -2.43. The van der Waals surface area contributed by atoms with Crippen molar-refractivity contribution in [1.29, 1.82) is 0 Å². The molecule has 0 aromatic heterocycles. The molecule has 1 atom stereocenters. The van der Waals surface area contributed by atoms with E-state index in [1.165, 1.54) is 24.3 Å². The fourth-order valence-corrected chi connectivity index (χ4v) is 1.87. The maximum absolute atomic E-state index is 10.6. The van der Waals surface area contributed by atoms with Crippen LogP contribution in [0.2, 0.25) is 0 Å². The third kappa shape index (κ3) is 4.28. The first-order valence-corrected chi connectivity index (χ1v) is 6.47. The zero-order valence-electron chi connectivity index (χ0n) is 9.56. The molecular formula is C10H7Cl4NO5. The van der Waals surface area contributed by atoms with Gasteiger partial charge in [0.05, 0.1) is 4.92 Å². The fraction of sp³-hybridized carbons (Fsp3) is 0.300. The van der Waals surface area contributed by atoms with Gasteiger partial charge in [-0.25, -0.2) is 4.79 Å². The van der Waals surface area contributed by atoms with Crippen LogP contribution >= 0.6 is 46.4 Å². The second-order valence-electron chi connectivity index (χ2n) is 3.69. The second kappa shape index (κ2) is 6.22. The lowest BCUT2D eigenvalue weighted by Gasteiger charge is -2.31. The summed E-state index contributed by atoms with van der Waals surface area (Å²) >= 11 is 22.8. The predicted molar refractivity (Wildman–Crippen MR) is 74.8 cm³/mol. The number of carboxylic acid groups (broad SMARTS) is 1. The van der Waals surface area contributed by atoms with E-state index in [2.05, 4.69) is 4.74 Å². The summed E-state index contributed by atoms with van der Waals surface area (Å²) in [7, 11) is 0. The molecule has 0 saturated carbocycles. The largest absolute Gasteiger partial charge is 0.507 e. The Morgan fingerprint density at radius 2 is 1.75 bits per heavy atom. The lowest BCUT2D eigenvalue weighted by molar-refractivity contribution is -0.384. The van der Waals surface area contributed by atoms with Gasteiger partial charge in [0.2, 0.25) is 8.85 Å². The number of benzene rings is 1. The van der Waals surface area contributed by atoms with E-state index in [0.717, 1.165) is 0 Å². The van der Waals surface area contributed by atoms with Gasteiger partial charge in [0, 0.05) is 18.6 Å². The monoisotopic (exact) mass is 361 g/mol. The molecule has 1 unspecified atom stereocenters. The Bertz CT molecular complexity index is 515. The number of nitro groups is 1. The van der Waals surface area contributed by atoms with E-state index in [4.69, 9.17) is 51.5 Å². The SMILES string of the molecule is O=C(O)OC(Cl)(Cc1ccc([N+](=O)[O-])cc1)C(Cl)(Cl)Cl. The molecule has 0 saturated heterocycles. The molecule has 0 heterocycles. The highest BCUT2D eigenvalue weighted by atomic mass is 35.6. The predicted octanol–water partition coefficient (Wildman–Crippen LogP) is 4.14. The van der Waals surface area contributed by atoms with Gasteiger partial charge < -0.3 is 9.84 Å². The van der Waals surface area contributed by atoms with E-state index in [9.17, 15) is 14.9 Å². The van der Waals surface area contributed by atoms with Crippen LogP contribution in [0.3, 0.4) is 0 Å². The molecule has 6 nitrogen and oxygen atoms in total. The van der Waals surface area contributed by atoms with Crippen LogP contribution in [-0.4, -0.2) is 25.0 Å². The van der Waals surface area contributed by atoms with E-state index in [0.29, 0.717) is 5.56 Å². The molecule has 0 amide bonds. The van der Waals surface area contributed by atoms with Gasteiger partial charge in [-0.1, -0.05) is 58.5 Å². The van der Waals surface area contributed by atoms with Crippen LogP contribution in [0.15, 0.2) is 24.3 Å². The van der Waals surface area contributed by atoms with Crippen molar-refractivity contribution >= 4 is 58.2 Å². The minimum Gasteiger partial charge on any atom is -0.450 e. The maximum atomic E-state index is 10.6. The van der Waals surface area contributed by atoms with Crippen molar-refractivity contribution in [3.8, 4) is 0 Å². The number of alkyl halides is 4. The Morgan fingerprint density at radius 1 is 1.25 bits per heavy atom. The Kier molecular flexibility index (Phi) is 5.32. The summed E-state index contributed by atoms with van der Waals surface area (Å²) in [6.45, 7) is 0. The first kappa shape index (κ1) is 17.1. The van der Waals surface area contributed by atoms with Gasteiger partial charge in [0.25, 0.3) is 5.69 Å². The Hall–Kier alpha value is -0.950. The minimum atomic E-state index is -2.23. The summed E-state index contributed by atoms with van der Waals surface area (Å²) in [6, 6.07) is 5.14. The Balaban J connectivity index is 3.01. The minimum absolute atomic E-state index is 0.137. The third-order valence-corrected chi connectivity index (χ3v) is 3.95. The van der Waals surface area contributed by atoms with E-state index >= 15 is 0 Å². The highest BCUT2D eigenvalue weighted by molar-refractivity contribution is 6.70. The average Bonchev–Trinajstić information content (AvgIpc) is 2.26. The molecule has 0 bridgehead atoms. The molecule has 0 aliphatic heterocycles. The number of nitro benzene ring substituents is 1. The number of non-ortho nitro benzene ring substituents is 1. The summed E-state index contributed by atoms with van der Waals surface area (Å²) < 4.78 is 2.21. The number of hydrogen-bond donors (Lipinski definition) is 1. The number of nitrogens with zero attached hydrogens (tertiary/aromatic N) is 1. The second-order valence-corrected chi connectivity index (χ2v) is 6.59. The first-order chi connectivity index (χ1) is 9.05. The van der Waals surface area contributed by atoms with Gasteiger partial charge in [-0.2, -0.15) is 0 Å². The van der Waals surface area contributed by atoms with Crippen molar-refractivity contribution in [2.24, 2.45) is 0 Å². The maximum Gasteiger partial charge on any atom is 0.507 e. The third-order valence-electron chi connectivity index (χ3n) is 2.25. The summed E-state index contributed by atoms with van der Waals surface area (Å²) in [4.78, 5) is 20.6. The van der Waals surface area contributed by atoms with Crippen LogP contribution in [-0.2, 0) is 11.2 Å². The van der Waals surface area contributed by atoms with Crippen molar-refractivity contribution in [3.63, 3.8) is 0 Å². The molecule has 10 heteroatoms. The molecule has 0 fully saturated rings. The molecule has 1 aromatic rings. The average molecular weight is 363 g/mol. The molecule has 1 aromatic carbocycles. The molecule has 0 radical (unpaired) electrons.